The van der Waals surface area contributed by atoms with Crippen LogP contribution in [0.4, 0.5) is 0 Å². The van der Waals surface area contributed by atoms with Gasteiger partial charge in [-0.15, -0.1) is 0 Å². The predicted molar refractivity (Wildman–Crippen MR) is 105 cm³/mol. The van der Waals surface area contributed by atoms with Crippen LogP contribution in [-0.2, 0) is 11.2 Å². The topological polar surface area (TPSA) is 91.8 Å². The molecule has 1 saturated heterocycles. The first-order valence-corrected chi connectivity index (χ1v) is 9.39. The molecule has 0 aliphatic carbocycles. The Balaban J connectivity index is 1.43. The molecule has 4 rings (SSSR count). The molecule has 1 fully saturated rings. The van der Waals surface area contributed by atoms with Crippen molar-refractivity contribution in [2.24, 2.45) is 0 Å². The molecule has 0 bridgehead atoms. The summed E-state index contributed by atoms with van der Waals surface area (Å²) in [5, 5.41) is 0. The van der Waals surface area contributed by atoms with Crippen LogP contribution in [0.1, 0.15) is 30.3 Å². The monoisotopic (exact) mass is 375 g/mol. The van der Waals surface area contributed by atoms with Crippen molar-refractivity contribution in [3.05, 3.63) is 76.7 Å². The van der Waals surface area contributed by atoms with Gasteiger partial charge < -0.3 is 9.88 Å². The zero-order chi connectivity index (χ0) is 19.3. The number of hydrogen-bond donors (Lipinski definition) is 1. The van der Waals surface area contributed by atoms with Gasteiger partial charge >= 0.3 is 0 Å². The lowest BCUT2D eigenvalue weighted by atomic mass is 9.95. The lowest BCUT2D eigenvalue weighted by Gasteiger charge is -2.31. The number of piperidine rings is 1. The van der Waals surface area contributed by atoms with Crippen LogP contribution < -0.4 is 5.56 Å². The van der Waals surface area contributed by atoms with Crippen LogP contribution in [0.3, 0.4) is 0 Å². The number of rotatable bonds is 4. The van der Waals surface area contributed by atoms with Gasteiger partial charge in [0.15, 0.2) is 0 Å². The predicted octanol–water partition coefficient (Wildman–Crippen LogP) is 2.18. The van der Waals surface area contributed by atoms with Gasteiger partial charge in [-0.1, -0.05) is 12.1 Å². The van der Waals surface area contributed by atoms with Gasteiger partial charge in [0.05, 0.1) is 17.8 Å². The van der Waals surface area contributed by atoms with Gasteiger partial charge in [0.25, 0.3) is 5.56 Å². The summed E-state index contributed by atoms with van der Waals surface area (Å²) in [4.78, 5) is 42.5. The van der Waals surface area contributed by atoms with E-state index in [1.807, 2.05) is 41.3 Å². The highest BCUT2D eigenvalue weighted by molar-refractivity contribution is 5.78. The van der Waals surface area contributed by atoms with Crippen LogP contribution in [0, 0.1) is 0 Å². The van der Waals surface area contributed by atoms with E-state index in [-0.39, 0.29) is 17.4 Å². The zero-order valence-electron chi connectivity index (χ0n) is 15.4. The molecule has 0 spiro atoms. The first-order chi connectivity index (χ1) is 13.7. The third-order valence-electron chi connectivity index (χ3n) is 4.98. The quantitative estimate of drug-likeness (QED) is 0.755. The number of pyridine rings is 2. The SMILES string of the molecule is O=C(Cc1ccccn1)N1CCC(c2nc(-c3ccccn3)cc(=O)[nH]2)CC1. The Morgan fingerprint density at radius 2 is 1.79 bits per heavy atom. The van der Waals surface area contributed by atoms with E-state index in [2.05, 4.69) is 19.9 Å². The van der Waals surface area contributed by atoms with E-state index in [9.17, 15) is 9.59 Å². The molecule has 0 atom stereocenters. The number of amides is 1. The second kappa shape index (κ2) is 8.12. The average Bonchev–Trinajstić information content (AvgIpc) is 2.75. The van der Waals surface area contributed by atoms with Gasteiger partial charge in [0, 0.05) is 43.2 Å². The molecule has 7 nitrogen and oxygen atoms in total. The molecule has 0 saturated carbocycles. The van der Waals surface area contributed by atoms with Gasteiger partial charge in [-0.3, -0.25) is 19.6 Å². The van der Waals surface area contributed by atoms with Crippen molar-refractivity contribution >= 4 is 5.91 Å². The minimum atomic E-state index is -0.181. The van der Waals surface area contributed by atoms with Gasteiger partial charge in [0.2, 0.25) is 5.91 Å². The van der Waals surface area contributed by atoms with Gasteiger partial charge in [0.1, 0.15) is 5.82 Å². The van der Waals surface area contributed by atoms with Crippen LogP contribution in [0.15, 0.2) is 59.7 Å². The minimum Gasteiger partial charge on any atom is -0.342 e. The van der Waals surface area contributed by atoms with Crippen molar-refractivity contribution in [1.82, 2.24) is 24.8 Å². The number of likely N-dealkylation sites (tertiary alicyclic amines) is 1. The lowest BCUT2D eigenvalue weighted by molar-refractivity contribution is -0.131. The average molecular weight is 375 g/mol. The Kier molecular flexibility index (Phi) is 5.23. The van der Waals surface area contributed by atoms with Crippen molar-refractivity contribution in [2.45, 2.75) is 25.2 Å². The summed E-state index contributed by atoms with van der Waals surface area (Å²) in [6.07, 6.45) is 5.23. The number of hydrogen-bond acceptors (Lipinski definition) is 5. The summed E-state index contributed by atoms with van der Waals surface area (Å²) in [5.41, 5.74) is 1.86. The van der Waals surface area contributed by atoms with Crippen LogP contribution in [0.5, 0.6) is 0 Å². The summed E-state index contributed by atoms with van der Waals surface area (Å²) in [7, 11) is 0. The summed E-state index contributed by atoms with van der Waals surface area (Å²) in [6.45, 7) is 1.29. The molecule has 1 amide bonds. The molecule has 7 heteroatoms. The molecule has 0 aromatic carbocycles. The number of nitrogens with zero attached hydrogens (tertiary/aromatic N) is 4. The van der Waals surface area contributed by atoms with Crippen LogP contribution in [-0.4, -0.2) is 43.8 Å². The Morgan fingerprint density at radius 3 is 2.46 bits per heavy atom. The molecule has 3 aromatic rings. The molecular formula is C21H21N5O2. The number of nitrogens with one attached hydrogen (secondary N) is 1. The Hall–Kier alpha value is -3.35. The molecule has 28 heavy (non-hydrogen) atoms. The van der Waals surface area contributed by atoms with Crippen molar-refractivity contribution in [1.29, 1.82) is 0 Å². The van der Waals surface area contributed by atoms with E-state index in [4.69, 9.17) is 0 Å². The largest absolute Gasteiger partial charge is 0.342 e. The normalized spacial score (nSPS) is 14.8. The van der Waals surface area contributed by atoms with E-state index in [0.29, 0.717) is 36.7 Å². The second-order valence-corrected chi connectivity index (χ2v) is 6.88. The van der Waals surface area contributed by atoms with Crippen molar-refractivity contribution in [2.75, 3.05) is 13.1 Å². The van der Waals surface area contributed by atoms with Crippen LogP contribution in [0.25, 0.3) is 11.4 Å². The number of aromatic nitrogens is 4. The third-order valence-corrected chi connectivity index (χ3v) is 4.98. The maximum absolute atomic E-state index is 12.5. The summed E-state index contributed by atoms with van der Waals surface area (Å²) >= 11 is 0. The van der Waals surface area contributed by atoms with E-state index in [1.54, 1.807) is 12.4 Å². The van der Waals surface area contributed by atoms with Crippen LogP contribution >= 0.6 is 0 Å². The first-order valence-electron chi connectivity index (χ1n) is 9.39. The van der Waals surface area contributed by atoms with Crippen molar-refractivity contribution in [3.8, 4) is 11.4 Å². The van der Waals surface area contributed by atoms with Crippen molar-refractivity contribution < 1.29 is 4.79 Å². The fraction of sp³-hybridized carbons (Fsp3) is 0.286. The molecule has 1 N–H and O–H groups in total. The van der Waals surface area contributed by atoms with Gasteiger partial charge in [-0.25, -0.2) is 4.98 Å². The lowest BCUT2D eigenvalue weighted by Crippen LogP contribution is -2.39. The number of H-pyrrole nitrogens is 1. The first kappa shape index (κ1) is 18.0. The number of carbonyl (C=O) groups is 1. The Morgan fingerprint density at radius 1 is 1.04 bits per heavy atom. The minimum absolute atomic E-state index is 0.0841. The highest BCUT2D eigenvalue weighted by atomic mass is 16.2. The molecular weight excluding hydrogens is 354 g/mol. The van der Waals surface area contributed by atoms with E-state index in [1.165, 1.54) is 6.07 Å². The zero-order valence-corrected chi connectivity index (χ0v) is 15.4. The Labute approximate surface area is 162 Å². The molecule has 3 aromatic heterocycles. The molecule has 0 unspecified atom stereocenters. The highest BCUT2D eigenvalue weighted by Gasteiger charge is 2.26. The standard InChI is InChI=1S/C21H21N5O2/c27-19-14-18(17-6-2-4-10-23-17)24-21(25-19)15-7-11-26(12-8-15)20(28)13-16-5-1-3-9-22-16/h1-6,9-10,14-15H,7-8,11-13H2,(H,24,25,27). The number of carbonyl (C=O) groups excluding carboxylic acids is 1. The smallest absolute Gasteiger partial charge is 0.251 e. The third kappa shape index (κ3) is 4.14. The Bertz CT molecular complexity index is 996. The summed E-state index contributed by atoms with van der Waals surface area (Å²) < 4.78 is 0. The highest BCUT2D eigenvalue weighted by Crippen LogP contribution is 2.26. The fourth-order valence-corrected chi connectivity index (χ4v) is 3.49. The van der Waals surface area contributed by atoms with E-state index < -0.39 is 0 Å². The van der Waals surface area contributed by atoms with Crippen LogP contribution in [0.2, 0.25) is 0 Å². The van der Waals surface area contributed by atoms with E-state index >= 15 is 0 Å². The van der Waals surface area contributed by atoms with Crippen molar-refractivity contribution in [3.63, 3.8) is 0 Å². The molecule has 0 radical (unpaired) electrons. The molecule has 142 valence electrons. The van der Waals surface area contributed by atoms with Gasteiger partial charge in [-0.2, -0.15) is 0 Å². The fourth-order valence-electron chi connectivity index (χ4n) is 3.49. The summed E-state index contributed by atoms with van der Waals surface area (Å²) in [6, 6.07) is 12.6. The number of aromatic amines is 1. The van der Waals surface area contributed by atoms with E-state index in [0.717, 1.165) is 18.5 Å². The molecule has 4 heterocycles. The maximum atomic E-state index is 12.5. The summed E-state index contributed by atoms with van der Waals surface area (Å²) in [5.74, 6) is 0.876. The maximum Gasteiger partial charge on any atom is 0.251 e. The van der Waals surface area contributed by atoms with Gasteiger partial charge in [-0.05, 0) is 37.1 Å². The second-order valence-electron chi connectivity index (χ2n) is 6.88. The molecule has 1 aliphatic heterocycles. The molecule has 1 aliphatic rings.